The zero-order valence-corrected chi connectivity index (χ0v) is 21.0. The van der Waals surface area contributed by atoms with Crippen LogP contribution in [0.5, 0.6) is 0 Å². The maximum atomic E-state index is 6.69. The van der Waals surface area contributed by atoms with Crippen molar-refractivity contribution < 1.29 is 0 Å². The second-order valence-electron chi connectivity index (χ2n) is 7.90. The van der Waals surface area contributed by atoms with Crippen LogP contribution in [0.2, 0.25) is 0 Å². The van der Waals surface area contributed by atoms with E-state index in [0.29, 0.717) is 0 Å². The van der Waals surface area contributed by atoms with Gasteiger partial charge in [-0.15, -0.1) is 0 Å². The Bertz CT molecular complexity index is 1250. The first-order valence-electron chi connectivity index (χ1n) is 11.5. The third-order valence-corrected chi connectivity index (χ3v) is 11.3. The molecule has 0 unspecified atom stereocenters. The van der Waals surface area contributed by atoms with E-state index >= 15 is 0 Å². The molecule has 0 spiro atoms. The highest BCUT2D eigenvalue weighted by Gasteiger charge is 2.31. The van der Waals surface area contributed by atoms with E-state index < -0.39 is 6.19 Å². The average Bonchev–Trinajstić information content (AvgIpc) is 2.89. The Morgan fingerprint density at radius 1 is 0.697 bits per heavy atom. The van der Waals surface area contributed by atoms with E-state index in [9.17, 15) is 0 Å². The molecule has 0 radical (unpaired) electrons. The lowest BCUT2D eigenvalue weighted by molar-refractivity contribution is 0.513. The molecule has 0 N–H and O–H groups in total. The van der Waals surface area contributed by atoms with Crippen molar-refractivity contribution in [2.24, 2.45) is 0 Å². The van der Waals surface area contributed by atoms with Crippen molar-refractivity contribution in [2.75, 3.05) is 13.1 Å². The van der Waals surface area contributed by atoms with E-state index in [4.69, 9.17) is 11.8 Å². The Kier molecular flexibility index (Phi) is 7.73. The van der Waals surface area contributed by atoms with Gasteiger partial charge in [0.15, 0.2) is 0 Å². The van der Waals surface area contributed by atoms with Gasteiger partial charge in [0.05, 0.1) is 6.19 Å². The summed E-state index contributed by atoms with van der Waals surface area (Å²) in [6, 6.07) is 40.7. The fourth-order valence-corrected chi connectivity index (χ4v) is 8.95. The van der Waals surface area contributed by atoms with E-state index in [0.717, 1.165) is 13.1 Å². The molecule has 3 heteroatoms. The van der Waals surface area contributed by atoms with Gasteiger partial charge in [-0.05, 0) is 28.3 Å². The number of hydrogen-bond acceptors (Lipinski definition) is 1. The van der Waals surface area contributed by atoms with E-state index in [1.807, 2.05) is 0 Å². The van der Waals surface area contributed by atoms with Crippen LogP contribution in [0.25, 0.3) is 11.6 Å². The van der Waals surface area contributed by atoms with Crippen molar-refractivity contribution in [1.29, 1.82) is 0 Å². The molecule has 0 saturated heterocycles. The highest BCUT2D eigenvalue weighted by Crippen LogP contribution is 2.49. The summed E-state index contributed by atoms with van der Waals surface area (Å²) in [6.45, 7) is 6.27. The first kappa shape index (κ1) is 23.4. The second-order valence-corrected chi connectivity index (χ2v) is 12.2. The Hall–Kier alpha value is -2.77. The minimum absolute atomic E-state index is 0.917. The summed E-state index contributed by atoms with van der Waals surface area (Å²) in [4.78, 5) is 0. The molecule has 0 aliphatic heterocycles. The highest BCUT2D eigenvalue weighted by atomic mass is 32.4. The monoisotopic (exact) mass is 467 g/mol. The smallest absolute Gasteiger partial charge is 0.0715 e. The van der Waals surface area contributed by atoms with Crippen molar-refractivity contribution in [3.63, 3.8) is 0 Å². The molecule has 0 bridgehead atoms. The topological polar surface area (TPSA) is 3.24 Å². The molecule has 0 heterocycles. The largest absolute Gasteiger partial charge is 0.269 e. The van der Waals surface area contributed by atoms with Gasteiger partial charge in [-0.2, -0.15) is 0 Å². The fraction of sp³-hybridized carbons (Fsp3) is 0.133. The SMILES string of the molecule is CCN(CC)[P@](=S)(c1ccccc1)c1ccccc1/C(=C/c1ccccc1)c1ccccc1. The molecule has 0 aromatic heterocycles. The number of rotatable bonds is 8. The van der Waals surface area contributed by atoms with E-state index in [-0.39, 0.29) is 0 Å². The van der Waals surface area contributed by atoms with Crippen LogP contribution in [0.15, 0.2) is 115 Å². The zero-order valence-electron chi connectivity index (χ0n) is 19.3. The van der Waals surface area contributed by atoms with Crippen LogP contribution in [0.4, 0.5) is 0 Å². The third kappa shape index (κ3) is 4.94. The van der Waals surface area contributed by atoms with Gasteiger partial charge < -0.3 is 0 Å². The minimum Gasteiger partial charge on any atom is -0.269 e. The molecule has 4 aromatic carbocycles. The molecular weight excluding hydrogens is 437 g/mol. The molecular formula is C30H30NPS. The maximum Gasteiger partial charge on any atom is 0.0715 e. The van der Waals surface area contributed by atoms with Crippen molar-refractivity contribution in [3.05, 3.63) is 132 Å². The van der Waals surface area contributed by atoms with Crippen LogP contribution in [0.1, 0.15) is 30.5 Å². The van der Waals surface area contributed by atoms with Crippen LogP contribution >= 0.6 is 6.19 Å². The van der Waals surface area contributed by atoms with E-state index in [2.05, 4.69) is 140 Å². The van der Waals surface area contributed by atoms with Crippen LogP contribution < -0.4 is 10.6 Å². The summed E-state index contributed by atoms with van der Waals surface area (Å²) in [5.41, 5.74) is 4.80. The summed E-state index contributed by atoms with van der Waals surface area (Å²) in [7, 11) is 0. The molecule has 0 aliphatic carbocycles. The average molecular weight is 468 g/mol. The van der Waals surface area contributed by atoms with Crippen LogP contribution in [-0.2, 0) is 11.8 Å². The first-order chi connectivity index (χ1) is 16.2. The Morgan fingerprint density at radius 3 is 1.82 bits per heavy atom. The molecule has 4 aromatic rings. The highest BCUT2D eigenvalue weighted by molar-refractivity contribution is 8.20. The lowest BCUT2D eigenvalue weighted by atomic mass is 9.95. The van der Waals surface area contributed by atoms with Gasteiger partial charge in [-0.1, -0.05) is 141 Å². The number of hydrogen-bond donors (Lipinski definition) is 0. The Labute approximate surface area is 203 Å². The maximum absolute atomic E-state index is 6.69. The molecule has 0 saturated carbocycles. The molecule has 1 atom stereocenters. The molecule has 166 valence electrons. The quantitative estimate of drug-likeness (QED) is 0.203. The second kappa shape index (κ2) is 10.9. The van der Waals surface area contributed by atoms with Crippen molar-refractivity contribution in [2.45, 2.75) is 13.8 Å². The fourth-order valence-electron chi connectivity index (χ4n) is 4.32. The van der Waals surface area contributed by atoms with Gasteiger partial charge in [0.25, 0.3) is 0 Å². The molecule has 0 amide bonds. The molecule has 1 nitrogen and oxygen atoms in total. The van der Waals surface area contributed by atoms with Crippen LogP contribution in [0.3, 0.4) is 0 Å². The molecule has 33 heavy (non-hydrogen) atoms. The van der Waals surface area contributed by atoms with E-state index in [1.54, 1.807) is 0 Å². The van der Waals surface area contributed by atoms with Gasteiger partial charge in [0, 0.05) is 23.7 Å². The zero-order chi connectivity index (χ0) is 23.1. The number of nitrogens with zero attached hydrogens (tertiary/aromatic N) is 1. The Balaban J connectivity index is 2.01. The molecule has 4 rings (SSSR count). The summed E-state index contributed by atoms with van der Waals surface area (Å²) in [6.07, 6.45) is 0.0677. The minimum atomic E-state index is -2.23. The van der Waals surface area contributed by atoms with Gasteiger partial charge in [-0.3, -0.25) is 4.67 Å². The van der Waals surface area contributed by atoms with Crippen LogP contribution in [-0.4, -0.2) is 17.8 Å². The van der Waals surface area contributed by atoms with Gasteiger partial charge in [0.2, 0.25) is 0 Å². The first-order valence-corrected chi connectivity index (χ1v) is 14.3. The number of benzene rings is 4. The van der Waals surface area contributed by atoms with Crippen LogP contribution in [0, 0.1) is 0 Å². The Morgan fingerprint density at radius 2 is 1.21 bits per heavy atom. The summed E-state index contributed by atoms with van der Waals surface area (Å²) in [5, 5.41) is 2.49. The lowest BCUT2D eigenvalue weighted by Crippen LogP contribution is -2.33. The van der Waals surface area contributed by atoms with Crippen molar-refractivity contribution in [1.82, 2.24) is 4.67 Å². The third-order valence-electron chi connectivity index (χ3n) is 5.95. The van der Waals surface area contributed by atoms with Gasteiger partial charge in [0.1, 0.15) is 0 Å². The predicted octanol–water partition coefficient (Wildman–Crippen LogP) is 6.96. The summed E-state index contributed by atoms with van der Waals surface area (Å²) in [5.74, 6) is 0. The van der Waals surface area contributed by atoms with Crippen molar-refractivity contribution >= 4 is 40.3 Å². The van der Waals surface area contributed by atoms with E-state index in [1.165, 1.54) is 32.9 Å². The van der Waals surface area contributed by atoms with Gasteiger partial charge in [-0.25, -0.2) is 0 Å². The predicted molar refractivity (Wildman–Crippen MR) is 149 cm³/mol. The normalized spacial score (nSPS) is 13.6. The molecule has 0 aliphatic rings. The van der Waals surface area contributed by atoms with Gasteiger partial charge >= 0.3 is 0 Å². The summed E-state index contributed by atoms with van der Waals surface area (Å²) >= 11 is 6.69. The summed E-state index contributed by atoms with van der Waals surface area (Å²) < 4.78 is 2.49. The lowest BCUT2D eigenvalue weighted by Gasteiger charge is -2.36. The standard InChI is InChI=1S/C30H30NPS/c1-3-31(4-2)32(33,27-20-12-7-13-21-27)30-23-15-14-22-28(30)29(26-18-10-6-11-19-26)24-25-16-8-5-9-17-25/h5-24H,3-4H2,1-2H3/b29-24+/t32-/m0/s1. The molecule has 0 fully saturated rings. The van der Waals surface area contributed by atoms with Crippen molar-refractivity contribution in [3.8, 4) is 0 Å².